The minimum absolute atomic E-state index is 0.469. The van der Waals surface area contributed by atoms with E-state index in [-0.39, 0.29) is 0 Å². The zero-order valence-electron chi connectivity index (χ0n) is 11.2. The van der Waals surface area contributed by atoms with E-state index in [0.29, 0.717) is 6.42 Å². The van der Waals surface area contributed by atoms with Crippen molar-refractivity contribution in [3.63, 3.8) is 0 Å². The second-order valence-corrected chi connectivity index (χ2v) is 5.34. The lowest BCUT2D eigenvalue weighted by Crippen LogP contribution is -2.30. The van der Waals surface area contributed by atoms with E-state index in [0.717, 1.165) is 44.1 Å². The number of hydrogen-bond donors (Lipinski definition) is 1. The van der Waals surface area contributed by atoms with E-state index in [4.69, 9.17) is 0 Å². The summed E-state index contributed by atoms with van der Waals surface area (Å²) >= 11 is 0. The van der Waals surface area contributed by atoms with E-state index in [1.165, 1.54) is 0 Å². The van der Waals surface area contributed by atoms with Gasteiger partial charge in [-0.15, -0.1) is 0 Å². The summed E-state index contributed by atoms with van der Waals surface area (Å²) in [4.78, 5) is 11.6. The molecule has 100 valence electrons. The Labute approximate surface area is 114 Å². The predicted octanol–water partition coefficient (Wildman–Crippen LogP) is 3.85. The molecule has 1 aromatic rings. The molecule has 0 heterocycles. The van der Waals surface area contributed by atoms with Gasteiger partial charge in [0.2, 0.25) is 0 Å². The van der Waals surface area contributed by atoms with Crippen molar-refractivity contribution >= 4 is 5.97 Å². The summed E-state index contributed by atoms with van der Waals surface area (Å²) in [6, 6.07) is 9.75. The largest absolute Gasteiger partial charge is 0.481 e. The van der Waals surface area contributed by atoms with Crippen LogP contribution in [0.1, 0.15) is 50.5 Å². The van der Waals surface area contributed by atoms with Gasteiger partial charge in [0, 0.05) is 12.0 Å². The molecule has 1 aromatic carbocycles. The quantitative estimate of drug-likeness (QED) is 0.644. The van der Waals surface area contributed by atoms with Gasteiger partial charge in [0.1, 0.15) is 0 Å². The smallest absolute Gasteiger partial charge is 0.310 e. The van der Waals surface area contributed by atoms with Gasteiger partial charge in [-0.3, -0.25) is 4.79 Å². The van der Waals surface area contributed by atoms with Crippen LogP contribution in [0.25, 0.3) is 0 Å². The van der Waals surface area contributed by atoms with E-state index in [9.17, 15) is 9.90 Å². The van der Waals surface area contributed by atoms with Crippen molar-refractivity contribution in [3.05, 3.63) is 35.9 Å². The van der Waals surface area contributed by atoms with Crippen molar-refractivity contribution in [2.75, 3.05) is 0 Å². The standard InChI is InChI=1S/C17H20O2/c18-16(19)17(12-6-1-2-7-13-17)14-8-11-15-9-4-3-5-10-15/h3-5,9-10H,1-2,6-7,12-14H2,(H,18,19). The zero-order chi connectivity index (χ0) is 13.6. The molecule has 2 nitrogen and oxygen atoms in total. The molecule has 2 heteroatoms. The first-order valence-electron chi connectivity index (χ1n) is 7.00. The van der Waals surface area contributed by atoms with Crippen LogP contribution in [-0.4, -0.2) is 11.1 Å². The van der Waals surface area contributed by atoms with Crippen LogP contribution in [0.3, 0.4) is 0 Å². The van der Waals surface area contributed by atoms with E-state index < -0.39 is 11.4 Å². The molecule has 1 aliphatic rings. The van der Waals surface area contributed by atoms with Crippen LogP contribution in [0.5, 0.6) is 0 Å². The number of benzene rings is 1. The molecule has 1 N–H and O–H groups in total. The minimum atomic E-state index is -0.670. The monoisotopic (exact) mass is 256 g/mol. The molecule has 1 saturated carbocycles. The van der Waals surface area contributed by atoms with Crippen molar-refractivity contribution < 1.29 is 9.90 Å². The van der Waals surface area contributed by atoms with E-state index in [1.807, 2.05) is 30.3 Å². The van der Waals surface area contributed by atoms with Gasteiger partial charge in [-0.1, -0.05) is 55.7 Å². The third kappa shape index (κ3) is 3.61. The molecule has 0 aliphatic heterocycles. The molecule has 0 aromatic heterocycles. The lowest BCUT2D eigenvalue weighted by molar-refractivity contribution is -0.149. The lowest BCUT2D eigenvalue weighted by atomic mass is 9.77. The molecule has 2 rings (SSSR count). The number of carbonyl (C=O) groups is 1. The highest BCUT2D eigenvalue weighted by atomic mass is 16.4. The van der Waals surface area contributed by atoms with Gasteiger partial charge in [-0.25, -0.2) is 0 Å². The molecule has 0 saturated heterocycles. The first kappa shape index (κ1) is 13.7. The molecule has 0 atom stereocenters. The summed E-state index contributed by atoms with van der Waals surface area (Å²) in [6.45, 7) is 0. The summed E-state index contributed by atoms with van der Waals surface area (Å²) in [5.74, 6) is 5.50. The maximum absolute atomic E-state index is 11.6. The highest BCUT2D eigenvalue weighted by molar-refractivity contribution is 5.75. The normalized spacial score (nSPS) is 17.9. The maximum atomic E-state index is 11.6. The Hall–Kier alpha value is -1.75. The van der Waals surface area contributed by atoms with Gasteiger partial charge in [-0.05, 0) is 25.0 Å². The fraction of sp³-hybridized carbons (Fsp3) is 0.471. The zero-order valence-corrected chi connectivity index (χ0v) is 11.2. The molecular weight excluding hydrogens is 236 g/mol. The molecule has 0 radical (unpaired) electrons. The van der Waals surface area contributed by atoms with Gasteiger partial charge < -0.3 is 5.11 Å². The van der Waals surface area contributed by atoms with Crippen molar-refractivity contribution in [3.8, 4) is 11.8 Å². The van der Waals surface area contributed by atoms with Gasteiger partial charge in [0.05, 0.1) is 5.41 Å². The number of carboxylic acids is 1. The van der Waals surface area contributed by atoms with Crippen LogP contribution in [-0.2, 0) is 4.79 Å². The Morgan fingerprint density at radius 1 is 1.11 bits per heavy atom. The van der Waals surface area contributed by atoms with E-state index >= 15 is 0 Å². The average Bonchev–Trinajstić information content (AvgIpc) is 2.67. The summed E-state index contributed by atoms with van der Waals surface area (Å²) in [7, 11) is 0. The lowest BCUT2D eigenvalue weighted by Gasteiger charge is -2.25. The molecule has 0 bridgehead atoms. The van der Waals surface area contributed by atoms with Crippen LogP contribution >= 0.6 is 0 Å². The molecule has 1 fully saturated rings. The highest BCUT2D eigenvalue weighted by Gasteiger charge is 2.37. The van der Waals surface area contributed by atoms with Crippen molar-refractivity contribution in [2.24, 2.45) is 5.41 Å². The Morgan fingerprint density at radius 3 is 2.32 bits per heavy atom. The molecule has 19 heavy (non-hydrogen) atoms. The first-order chi connectivity index (χ1) is 9.23. The van der Waals surface area contributed by atoms with Crippen LogP contribution in [0.2, 0.25) is 0 Å². The fourth-order valence-corrected chi connectivity index (χ4v) is 2.71. The third-order valence-corrected chi connectivity index (χ3v) is 3.95. The Morgan fingerprint density at radius 2 is 1.74 bits per heavy atom. The minimum Gasteiger partial charge on any atom is -0.481 e. The molecule has 1 aliphatic carbocycles. The predicted molar refractivity (Wildman–Crippen MR) is 75.7 cm³/mol. The number of hydrogen-bond acceptors (Lipinski definition) is 1. The van der Waals surface area contributed by atoms with Crippen molar-refractivity contribution in [1.29, 1.82) is 0 Å². The van der Waals surface area contributed by atoms with Crippen molar-refractivity contribution in [1.82, 2.24) is 0 Å². The number of aliphatic carboxylic acids is 1. The van der Waals surface area contributed by atoms with Gasteiger partial charge in [-0.2, -0.15) is 0 Å². The van der Waals surface area contributed by atoms with E-state index in [2.05, 4.69) is 11.8 Å². The van der Waals surface area contributed by atoms with Gasteiger partial charge in [0.25, 0.3) is 0 Å². The van der Waals surface area contributed by atoms with Crippen molar-refractivity contribution in [2.45, 2.75) is 44.9 Å². The Kier molecular flexibility index (Phi) is 4.63. The third-order valence-electron chi connectivity index (χ3n) is 3.95. The highest BCUT2D eigenvalue weighted by Crippen LogP contribution is 2.38. The number of rotatable bonds is 2. The SMILES string of the molecule is O=C(O)C1(CC#Cc2ccccc2)CCCCCC1. The van der Waals surface area contributed by atoms with Crippen LogP contribution in [0.4, 0.5) is 0 Å². The maximum Gasteiger partial charge on any atom is 0.310 e. The second-order valence-electron chi connectivity index (χ2n) is 5.34. The van der Waals surface area contributed by atoms with Crippen LogP contribution in [0.15, 0.2) is 30.3 Å². The number of carboxylic acid groups (broad SMARTS) is 1. The van der Waals surface area contributed by atoms with Crippen LogP contribution in [0, 0.1) is 17.3 Å². The summed E-state index contributed by atoms with van der Waals surface area (Å²) in [5.41, 5.74) is 0.342. The fourth-order valence-electron chi connectivity index (χ4n) is 2.71. The van der Waals surface area contributed by atoms with Gasteiger partial charge >= 0.3 is 5.97 Å². The van der Waals surface area contributed by atoms with Crippen LogP contribution < -0.4 is 0 Å². The molecule has 0 spiro atoms. The summed E-state index contributed by atoms with van der Waals surface area (Å²) in [6.07, 6.45) is 6.34. The first-order valence-corrected chi connectivity index (χ1v) is 7.00. The second kappa shape index (κ2) is 6.43. The Bertz CT molecular complexity index is 471. The summed E-state index contributed by atoms with van der Waals surface area (Å²) < 4.78 is 0. The van der Waals surface area contributed by atoms with E-state index in [1.54, 1.807) is 0 Å². The molecular formula is C17H20O2. The average molecular weight is 256 g/mol. The molecule has 0 unspecified atom stereocenters. The van der Waals surface area contributed by atoms with Gasteiger partial charge in [0.15, 0.2) is 0 Å². The Balaban J connectivity index is 2.09. The summed E-state index contributed by atoms with van der Waals surface area (Å²) in [5, 5.41) is 9.54. The molecule has 0 amide bonds. The topological polar surface area (TPSA) is 37.3 Å².